The first-order valence-electron chi connectivity index (χ1n) is 13.0. The Bertz CT molecular complexity index is 1510. The van der Waals surface area contributed by atoms with E-state index in [1.54, 1.807) is 71.6 Å². The van der Waals surface area contributed by atoms with Crippen LogP contribution in [0.1, 0.15) is 34.3 Å². The number of halogens is 3. The van der Waals surface area contributed by atoms with Gasteiger partial charge in [-0.05, 0) is 36.2 Å². The fourth-order valence-corrected chi connectivity index (χ4v) is 4.71. The number of alkyl halides is 3. The first kappa shape index (κ1) is 28.0. The number of Topliss-reactive ketones (excluding diaryl/α,β-unsaturated/α-hetero) is 1. The summed E-state index contributed by atoms with van der Waals surface area (Å²) in [4.78, 5) is 37.4. The Morgan fingerprint density at radius 2 is 1.56 bits per heavy atom. The predicted octanol–water partition coefficient (Wildman–Crippen LogP) is 4.74. The maximum Gasteiger partial charge on any atom is 0.437 e. The van der Waals surface area contributed by atoms with E-state index in [0.717, 1.165) is 0 Å². The third kappa shape index (κ3) is 5.99. The van der Waals surface area contributed by atoms with Gasteiger partial charge in [0, 0.05) is 44.4 Å². The summed E-state index contributed by atoms with van der Waals surface area (Å²) in [5.74, 6) is -1.76. The van der Waals surface area contributed by atoms with E-state index in [2.05, 4.69) is 9.97 Å². The molecule has 4 aromatic rings. The maximum absolute atomic E-state index is 13.6. The fraction of sp³-hybridized carbons (Fsp3) is 0.267. The number of aliphatic hydroxyl groups is 1. The summed E-state index contributed by atoms with van der Waals surface area (Å²) in [7, 11) is 0. The second kappa shape index (κ2) is 11.2. The van der Waals surface area contributed by atoms with E-state index >= 15 is 0 Å². The van der Waals surface area contributed by atoms with Crippen LogP contribution < -0.4 is 4.90 Å². The molecule has 0 bridgehead atoms. The third-order valence-corrected chi connectivity index (χ3v) is 6.99. The molecule has 41 heavy (non-hydrogen) atoms. The van der Waals surface area contributed by atoms with Crippen molar-refractivity contribution in [3.63, 3.8) is 0 Å². The summed E-state index contributed by atoms with van der Waals surface area (Å²) in [5.41, 5.74) is -1.74. The highest BCUT2D eigenvalue weighted by molar-refractivity contribution is 5.96. The van der Waals surface area contributed by atoms with E-state index in [9.17, 15) is 27.9 Å². The molecule has 0 spiro atoms. The van der Waals surface area contributed by atoms with Gasteiger partial charge in [0.15, 0.2) is 11.3 Å². The van der Waals surface area contributed by atoms with Gasteiger partial charge in [0.1, 0.15) is 5.82 Å². The largest absolute Gasteiger partial charge is 0.437 e. The summed E-state index contributed by atoms with van der Waals surface area (Å²) >= 11 is 0. The Hall–Kier alpha value is -4.51. The Morgan fingerprint density at radius 1 is 0.927 bits per heavy atom. The van der Waals surface area contributed by atoms with Gasteiger partial charge in [-0.1, -0.05) is 54.6 Å². The SMILES string of the molecule is CC(O)(C(=O)N1CCN(c2ccc(CC(=O)c3oc(-c4ccccc4)nc3C(F)(F)F)cn2)CC1)c1ccccc1. The average Bonchev–Trinajstić information content (AvgIpc) is 3.45. The monoisotopic (exact) mass is 564 g/mol. The van der Waals surface area contributed by atoms with Gasteiger partial charge in [0.2, 0.25) is 17.4 Å². The summed E-state index contributed by atoms with van der Waals surface area (Å²) in [5, 5.41) is 10.9. The van der Waals surface area contributed by atoms with Crippen LogP contribution in [0.4, 0.5) is 19.0 Å². The number of carbonyl (C=O) groups is 2. The lowest BCUT2D eigenvalue weighted by Gasteiger charge is -2.38. The number of hydrogen-bond donors (Lipinski definition) is 1. The molecule has 0 saturated carbocycles. The predicted molar refractivity (Wildman–Crippen MR) is 144 cm³/mol. The molecule has 5 rings (SSSR count). The Labute approximate surface area is 234 Å². The van der Waals surface area contributed by atoms with Crippen molar-refractivity contribution in [2.24, 2.45) is 0 Å². The number of hydrogen-bond acceptors (Lipinski definition) is 7. The molecule has 1 amide bonds. The highest BCUT2D eigenvalue weighted by atomic mass is 19.4. The maximum atomic E-state index is 13.6. The normalized spacial score (nSPS) is 15.4. The number of pyridine rings is 1. The molecule has 1 N–H and O–H groups in total. The molecule has 3 heterocycles. The lowest BCUT2D eigenvalue weighted by atomic mass is 9.94. The highest BCUT2D eigenvalue weighted by Crippen LogP contribution is 2.35. The van der Waals surface area contributed by atoms with Crippen molar-refractivity contribution in [1.29, 1.82) is 0 Å². The Kier molecular flexibility index (Phi) is 7.63. The van der Waals surface area contributed by atoms with E-state index in [4.69, 9.17) is 4.42 Å². The van der Waals surface area contributed by atoms with Crippen molar-refractivity contribution in [2.45, 2.75) is 25.1 Å². The van der Waals surface area contributed by atoms with Gasteiger partial charge < -0.3 is 19.3 Å². The summed E-state index contributed by atoms with van der Waals surface area (Å²) in [6, 6.07) is 20.1. The molecule has 1 aliphatic heterocycles. The zero-order valence-electron chi connectivity index (χ0n) is 22.1. The van der Waals surface area contributed by atoms with E-state index in [1.165, 1.54) is 13.1 Å². The smallest absolute Gasteiger partial charge is 0.432 e. The van der Waals surface area contributed by atoms with Crippen LogP contribution in [0.2, 0.25) is 0 Å². The average molecular weight is 565 g/mol. The highest BCUT2D eigenvalue weighted by Gasteiger charge is 2.41. The third-order valence-electron chi connectivity index (χ3n) is 6.99. The van der Waals surface area contributed by atoms with Crippen LogP contribution in [-0.2, 0) is 23.0 Å². The number of rotatable bonds is 7. The molecule has 8 nitrogen and oxygen atoms in total. The molecule has 1 unspecified atom stereocenters. The van der Waals surface area contributed by atoms with Crippen LogP contribution in [0.15, 0.2) is 83.4 Å². The van der Waals surface area contributed by atoms with E-state index in [0.29, 0.717) is 48.7 Å². The molecular formula is C30H27F3N4O4. The molecule has 2 aromatic carbocycles. The summed E-state index contributed by atoms with van der Waals surface area (Å²) in [6.07, 6.45) is -3.77. The van der Waals surface area contributed by atoms with Gasteiger partial charge in [-0.15, -0.1) is 0 Å². The standard InChI is InChI=1S/C30H27F3N4O4/c1-29(40,22-10-6-3-7-11-22)28(39)37-16-14-36(15-17-37)24-13-12-20(19-34-24)18-23(38)25-26(30(31,32)33)35-27(41-25)21-8-4-2-5-9-21/h2-13,19,40H,14-18H2,1H3. The quantitative estimate of drug-likeness (QED) is 0.324. The number of aromatic nitrogens is 2. The van der Waals surface area contributed by atoms with E-state index in [1.807, 2.05) is 11.0 Å². The summed E-state index contributed by atoms with van der Waals surface area (Å²) in [6.45, 7) is 3.17. The molecule has 11 heteroatoms. The van der Waals surface area contributed by atoms with Gasteiger partial charge in [-0.25, -0.2) is 9.97 Å². The second-order valence-corrected chi connectivity index (χ2v) is 9.90. The number of carbonyl (C=O) groups excluding carboxylic acids is 2. The van der Waals surface area contributed by atoms with Gasteiger partial charge in [-0.2, -0.15) is 13.2 Å². The molecule has 1 aliphatic rings. The molecule has 0 radical (unpaired) electrons. The number of amides is 1. The van der Waals surface area contributed by atoms with Crippen LogP contribution in [0.5, 0.6) is 0 Å². The fourth-order valence-electron chi connectivity index (χ4n) is 4.71. The van der Waals surface area contributed by atoms with Crippen LogP contribution in [0.25, 0.3) is 11.5 Å². The van der Waals surface area contributed by atoms with Crippen molar-refractivity contribution in [1.82, 2.24) is 14.9 Å². The molecule has 212 valence electrons. The first-order valence-corrected chi connectivity index (χ1v) is 13.0. The topological polar surface area (TPSA) is 99.8 Å². The first-order chi connectivity index (χ1) is 19.5. The Morgan fingerprint density at radius 3 is 2.15 bits per heavy atom. The van der Waals surface area contributed by atoms with Gasteiger partial charge in [-0.3, -0.25) is 9.59 Å². The van der Waals surface area contributed by atoms with Crippen LogP contribution in [0, 0.1) is 0 Å². The van der Waals surface area contributed by atoms with Crippen molar-refractivity contribution in [3.05, 3.63) is 102 Å². The van der Waals surface area contributed by atoms with E-state index < -0.39 is 29.0 Å². The van der Waals surface area contributed by atoms with Gasteiger partial charge >= 0.3 is 6.18 Å². The number of oxazole rings is 1. The zero-order valence-corrected chi connectivity index (χ0v) is 22.1. The minimum absolute atomic E-state index is 0.280. The van der Waals surface area contributed by atoms with Crippen molar-refractivity contribution in [3.8, 4) is 11.5 Å². The van der Waals surface area contributed by atoms with Crippen LogP contribution in [0.3, 0.4) is 0 Å². The van der Waals surface area contributed by atoms with Crippen LogP contribution >= 0.6 is 0 Å². The minimum Gasteiger partial charge on any atom is -0.432 e. The molecule has 1 fully saturated rings. The minimum atomic E-state index is -4.86. The molecule has 1 saturated heterocycles. The molecule has 0 aliphatic carbocycles. The lowest BCUT2D eigenvalue weighted by molar-refractivity contribution is -0.151. The van der Waals surface area contributed by atoms with Crippen LogP contribution in [-0.4, -0.2) is 57.8 Å². The van der Waals surface area contributed by atoms with Gasteiger partial charge in [0.25, 0.3) is 5.91 Å². The molecule has 1 atom stereocenters. The van der Waals surface area contributed by atoms with Crippen molar-refractivity contribution >= 4 is 17.5 Å². The number of nitrogens with zero attached hydrogens (tertiary/aromatic N) is 4. The number of ketones is 1. The van der Waals surface area contributed by atoms with Gasteiger partial charge in [0.05, 0.1) is 0 Å². The lowest BCUT2D eigenvalue weighted by Crippen LogP contribution is -2.54. The Balaban J connectivity index is 1.23. The summed E-state index contributed by atoms with van der Waals surface area (Å²) < 4.78 is 46.2. The molecular weight excluding hydrogens is 537 g/mol. The zero-order chi connectivity index (χ0) is 29.2. The number of anilines is 1. The van der Waals surface area contributed by atoms with Crippen molar-refractivity contribution < 1.29 is 32.3 Å². The molecule has 2 aromatic heterocycles. The van der Waals surface area contributed by atoms with Crippen molar-refractivity contribution in [2.75, 3.05) is 31.1 Å². The second-order valence-electron chi connectivity index (χ2n) is 9.90. The number of benzene rings is 2. The number of piperazine rings is 1. The van der Waals surface area contributed by atoms with E-state index in [-0.39, 0.29) is 18.2 Å².